The number of nitrogens with zero attached hydrogens (tertiary/aromatic N) is 2. The molecule has 2 aliphatic heterocycles. The van der Waals surface area contributed by atoms with Crippen LogP contribution < -0.4 is 4.74 Å². The average Bonchev–Trinajstić information content (AvgIpc) is 3.40. The number of hydrogen-bond donors (Lipinski definition) is 0. The van der Waals surface area contributed by atoms with Crippen molar-refractivity contribution in [3.8, 4) is 5.75 Å². The fourth-order valence-electron chi connectivity index (χ4n) is 5.57. The van der Waals surface area contributed by atoms with Gasteiger partial charge in [0.15, 0.2) is 0 Å². The van der Waals surface area contributed by atoms with Gasteiger partial charge in [0.1, 0.15) is 5.75 Å². The third-order valence-electron chi connectivity index (χ3n) is 6.94. The summed E-state index contributed by atoms with van der Waals surface area (Å²) >= 11 is 1.67. The van der Waals surface area contributed by atoms with Crippen LogP contribution in [0.1, 0.15) is 45.2 Å². The van der Waals surface area contributed by atoms with E-state index in [-0.39, 0.29) is 5.91 Å². The van der Waals surface area contributed by atoms with E-state index in [4.69, 9.17) is 4.74 Å². The monoisotopic (exact) mass is 396 g/mol. The van der Waals surface area contributed by atoms with Crippen LogP contribution in [0.3, 0.4) is 0 Å². The number of ether oxygens (including phenoxy) is 1. The van der Waals surface area contributed by atoms with Gasteiger partial charge in [-0.1, -0.05) is 12.1 Å². The maximum atomic E-state index is 13.3. The first-order valence-corrected chi connectivity index (χ1v) is 11.3. The zero-order valence-electron chi connectivity index (χ0n) is 16.7. The van der Waals surface area contributed by atoms with Crippen molar-refractivity contribution in [2.75, 3.05) is 33.8 Å². The van der Waals surface area contributed by atoms with Crippen molar-refractivity contribution >= 4 is 17.2 Å². The summed E-state index contributed by atoms with van der Waals surface area (Å²) in [4.78, 5) is 18.9. The molecule has 3 atom stereocenters. The van der Waals surface area contributed by atoms with E-state index in [1.807, 2.05) is 12.1 Å². The third kappa shape index (κ3) is 2.96. The Balaban J connectivity index is 1.36. The Hall–Kier alpha value is -1.85. The Kier molecular flexibility index (Phi) is 4.68. The normalized spacial score (nSPS) is 26.9. The van der Waals surface area contributed by atoms with Gasteiger partial charge in [0.25, 0.3) is 5.91 Å². The number of likely N-dealkylation sites (tertiary alicyclic amines) is 2. The maximum absolute atomic E-state index is 13.3. The second-order valence-electron chi connectivity index (χ2n) is 8.57. The van der Waals surface area contributed by atoms with Gasteiger partial charge in [-0.3, -0.25) is 9.69 Å². The number of aryl methyl sites for hydroxylation is 1. The summed E-state index contributed by atoms with van der Waals surface area (Å²) in [5.41, 5.74) is 4.11. The van der Waals surface area contributed by atoms with Crippen LogP contribution in [0, 0.1) is 11.8 Å². The van der Waals surface area contributed by atoms with E-state index in [1.165, 1.54) is 29.5 Å². The quantitative estimate of drug-likeness (QED) is 0.786. The molecule has 0 radical (unpaired) electrons. The number of fused-ring (bicyclic) bond motifs is 2. The number of benzene rings is 1. The lowest BCUT2D eigenvalue weighted by molar-refractivity contribution is 0.0771. The summed E-state index contributed by atoms with van der Waals surface area (Å²) in [7, 11) is 3.92. The van der Waals surface area contributed by atoms with Crippen molar-refractivity contribution in [2.24, 2.45) is 11.8 Å². The minimum absolute atomic E-state index is 0.277. The van der Waals surface area contributed by atoms with Crippen molar-refractivity contribution in [3.05, 3.63) is 51.2 Å². The van der Waals surface area contributed by atoms with Gasteiger partial charge in [0, 0.05) is 31.6 Å². The molecule has 148 valence electrons. The summed E-state index contributed by atoms with van der Waals surface area (Å²) in [5.74, 6) is 2.25. The molecule has 0 unspecified atom stereocenters. The van der Waals surface area contributed by atoms with Gasteiger partial charge in [-0.2, -0.15) is 0 Å². The van der Waals surface area contributed by atoms with Crippen LogP contribution in [-0.4, -0.2) is 49.5 Å². The highest BCUT2D eigenvalue weighted by atomic mass is 32.1. The van der Waals surface area contributed by atoms with E-state index in [2.05, 4.69) is 34.4 Å². The van der Waals surface area contributed by atoms with E-state index >= 15 is 0 Å². The Labute approximate surface area is 171 Å². The van der Waals surface area contributed by atoms with E-state index in [0.717, 1.165) is 43.1 Å². The predicted molar refractivity (Wildman–Crippen MR) is 112 cm³/mol. The molecular weight excluding hydrogens is 368 g/mol. The second kappa shape index (κ2) is 7.20. The zero-order valence-corrected chi connectivity index (χ0v) is 17.5. The highest BCUT2D eigenvalue weighted by molar-refractivity contribution is 7.12. The number of amides is 1. The number of hydrogen-bond acceptors (Lipinski definition) is 4. The lowest BCUT2D eigenvalue weighted by atomic mass is 9.89. The van der Waals surface area contributed by atoms with Crippen LogP contribution in [-0.2, 0) is 12.8 Å². The topological polar surface area (TPSA) is 32.8 Å². The van der Waals surface area contributed by atoms with Crippen LogP contribution in [0.15, 0.2) is 29.6 Å². The van der Waals surface area contributed by atoms with Crippen molar-refractivity contribution in [1.82, 2.24) is 9.80 Å². The standard InChI is InChI=1S/C23H28N2O2S/c1-24-11-17-12-25(23(26)22-19-6-4-3-5-16(19)14-28-22)13-20(17)21(24)15-7-9-18(27-2)10-8-15/h7-10,14,17,20-21H,3-6,11-13H2,1-2H3/t17-,20+,21+/m0/s1. The van der Waals surface area contributed by atoms with Gasteiger partial charge in [-0.05, 0) is 72.9 Å². The first-order chi connectivity index (χ1) is 13.7. The molecule has 3 aliphatic rings. The number of methoxy groups -OCH3 is 1. The summed E-state index contributed by atoms with van der Waals surface area (Å²) in [6.07, 6.45) is 4.72. The maximum Gasteiger partial charge on any atom is 0.264 e. The Morgan fingerprint density at radius 1 is 1.11 bits per heavy atom. The highest BCUT2D eigenvalue weighted by Crippen LogP contribution is 2.45. The van der Waals surface area contributed by atoms with Crippen LogP contribution >= 0.6 is 11.3 Å². The van der Waals surface area contributed by atoms with Gasteiger partial charge < -0.3 is 9.64 Å². The lowest BCUT2D eigenvalue weighted by Gasteiger charge is -2.27. The van der Waals surface area contributed by atoms with Crippen molar-refractivity contribution in [2.45, 2.75) is 31.7 Å². The Bertz CT molecular complexity index is 875. The summed E-state index contributed by atoms with van der Waals surface area (Å²) < 4.78 is 5.32. The smallest absolute Gasteiger partial charge is 0.264 e. The molecule has 0 bridgehead atoms. The van der Waals surface area contributed by atoms with E-state index < -0.39 is 0 Å². The number of thiophene rings is 1. The SMILES string of the molecule is COc1ccc([C@@H]2[C@@H]3CN(C(=O)c4scc5c4CCCC5)C[C@@H]3CN2C)cc1. The summed E-state index contributed by atoms with van der Waals surface area (Å²) in [6.45, 7) is 2.83. The van der Waals surface area contributed by atoms with Crippen molar-refractivity contribution in [3.63, 3.8) is 0 Å². The number of carbonyl (C=O) groups excluding carboxylic acids is 1. The first kappa shape index (κ1) is 18.2. The van der Waals surface area contributed by atoms with E-state index in [9.17, 15) is 4.79 Å². The van der Waals surface area contributed by atoms with Crippen molar-refractivity contribution < 1.29 is 9.53 Å². The van der Waals surface area contributed by atoms with Crippen LogP contribution in [0.2, 0.25) is 0 Å². The van der Waals surface area contributed by atoms with Crippen LogP contribution in [0.4, 0.5) is 0 Å². The molecule has 1 aromatic heterocycles. The molecule has 2 aromatic rings. The molecular formula is C23H28N2O2S. The van der Waals surface area contributed by atoms with Gasteiger partial charge in [-0.15, -0.1) is 11.3 Å². The Morgan fingerprint density at radius 3 is 2.68 bits per heavy atom. The second-order valence-corrected chi connectivity index (χ2v) is 9.45. The predicted octanol–water partition coefficient (Wildman–Crippen LogP) is 4.01. The highest BCUT2D eigenvalue weighted by Gasteiger charge is 2.47. The fraction of sp³-hybridized carbons (Fsp3) is 0.522. The van der Waals surface area contributed by atoms with Gasteiger partial charge in [-0.25, -0.2) is 0 Å². The molecule has 1 aliphatic carbocycles. The van der Waals surface area contributed by atoms with Crippen LogP contribution in [0.5, 0.6) is 5.75 Å². The molecule has 3 heterocycles. The summed E-state index contributed by atoms with van der Waals surface area (Å²) in [6, 6.07) is 8.84. The number of carbonyl (C=O) groups is 1. The minimum Gasteiger partial charge on any atom is -0.497 e. The molecule has 28 heavy (non-hydrogen) atoms. The fourth-order valence-corrected chi connectivity index (χ4v) is 6.69. The zero-order chi connectivity index (χ0) is 19.3. The molecule has 0 spiro atoms. The first-order valence-electron chi connectivity index (χ1n) is 10.4. The van der Waals surface area contributed by atoms with E-state index in [0.29, 0.717) is 17.9 Å². The molecule has 2 saturated heterocycles. The Morgan fingerprint density at radius 2 is 1.89 bits per heavy atom. The molecule has 1 amide bonds. The molecule has 2 fully saturated rings. The van der Waals surface area contributed by atoms with E-state index in [1.54, 1.807) is 18.4 Å². The molecule has 4 nitrogen and oxygen atoms in total. The lowest BCUT2D eigenvalue weighted by Crippen LogP contribution is -2.33. The largest absolute Gasteiger partial charge is 0.497 e. The molecule has 1 aromatic carbocycles. The number of rotatable bonds is 3. The van der Waals surface area contributed by atoms with Gasteiger partial charge in [0.2, 0.25) is 0 Å². The molecule has 0 N–H and O–H groups in total. The molecule has 5 heteroatoms. The summed E-state index contributed by atoms with van der Waals surface area (Å²) in [5, 5.41) is 2.23. The van der Waals surface area contributed by atoms with Crippen LogP contribution in [0.25, 0.3) is 0 Å². The third-order valence-corrected chi connectivity index (χ3v) is 8.00. The van der Waals surface area contributed by atoms with Gasteiger partial charge >= 0.3 is 0 Å². The van der Waals surface area contributed by atoms with Crippen molar-refractivity contribution in [1.29, 1.82) is 0 Å². The minimum atomic E-state index is 0.277. The van der Waals surface area contributed by atoms with Gasteiger partial charge in [0.05, 0.1) is 12.0 Å². The molecule has 0 saturated carbocycles. The average molecular weight is 397 g/mol. The molecule has 5 rings (SSSR count).